The average Bonchev–Trinajstić information content (AvgIpc) is 2.23. The Morgan fingerprint density at radius 3 is 2.20 bits per heavy atom. The molecule has 3 N–H and O–H groups in total. The monoisotopic (exact) mass is 215 g/mol. The number of nitrogens with one attached hydrogen (secondary N) is 1. The Hall–Kier alpha value is -0.120. The Kier molecular flexibility index (Phi) is 7.14. The molecule has 2 atom stereocenters. The minimum Gasteiger partial charge on any atom is -0.302 e. The molecule has 0 bridgehead atoms. The topological polar surface area (TPSA) is 41.3 Å². The van der Waals surface area contributed by atoms with Gasteiger partial charge in [0.15, 0.2) is 0 Å². The van der Waals surface area contributed by atoms with Crippen LogP contribution in [0.4, 0.5) is 0 Å². The molecule has 0 amide bonds. The first-order valence-electron chi connectivity index (χ1n) is 6.16. The maximum Gasteiger partial charge on any atom is 0.0391 e. The zero-order chi connectivity index (χ0) is 11.9. The molecule has 0 aliphatic rings. The molecule has 0 radical (unpaired) electrons. The molecule has 15 heavy (non-hydrogen) atoms. The molecule has 0 fully saturated rings. The highest BCUT2D eigenvalue weighted by molar-refractivity contribution is 4.92. The van der Waals surface area contributed by atoms with Gasteiger partial charge in [0.25, 0.3) is 0 Å². The lowest BCUT2D eigenvalue weighted by Gasteiger charge is -2.42. The Morgan fingerprint density at radius 1 is 1.27 bits per heavy atom. The van der Waals surface area contributed by atoms with E-state index in [0.29, 0.717) is 6.04 Å². The zero-order valence-electron chi connectivity index (χ0n) is 11.1. The van der Waals surface area contributed by atoms with E-state index in [1.54, 1.807) is 0 Å². The van der Waals surface area contributed by atoms with Gasteiger partial charge in [-0.25, -0.2) is 0 Å². The summed E-state index contributed by atoms with van der Waals surface area (Å²) in [7, 11) is 4.27. The van der Waals surface area contributed by atoms with Gasteiger partial charge in [0, 0.05) is 11.6 Å². The molecule has 0 heterocycles. The van der Waals surface area contributed by atoms with Crippen molar-refractivity contribution in [3.8, 4) is 0 Å². The van der Waals surface area contributed by atoms with E-state index >= 15 is 0 Å². The number of rotatable bonds is 8. The molecular weight excluding hydrogens is 186 g/mol. The van der Waals surface area contributed by atoms with Crippen molar-refractivity contribution in [2.24, 2.45) is 5.84 Å². The van der Waals surface area contributed by atoms with Gasteiger partial charge in [0.1, 0.15) is 0 Å². The average molecular weight is 215 g/mol. The minimum absolute atomic E-state index is 0.155. The third kappa shape index (κ3) is 4.09. The molecule has 0 saturated heterocycles. The van der Waals surface area contributed by atoms with Crippen molar-refractivity contribution in [2.45, 2.75) is 64.5 Å². The number of hydrogen-bond acceptors (Lipinski definition) is 3. The van der Waals surface area contributed by atoms with Crippen LogP contribution in [0.5, 0.6) is 0 Å². The van der Waals surface area contributed by atoms with Gasteiger partial charge in [-0.15, -0.1) is 0 Å². The van der Waals surface area contributed by atoms with Crippen LogP contribution in [-0.2, 0) is 0 Å². The van der Waals surface area contributed by atoms with E-state index in [0.717, 1.165) is 12.8 Å². The van der Waals surface area contributed by atoms with Gasteiger partial charge in [-0.2, -0.15) is 0 Å². The largest absolute Gasteiger partial charge is 0.302 e. The maximum absolute atomic E-state index is 5.68. The van der Waals surface area contributed by atoms with Crippen molar-refractivity contribution in [1.82, 2.24) is 10.3 Å². The number of hydrazine groups is 1. The number of nitrogens with two attached hydrogens (primary N) is 1. The molecule has 3 nitrogen and oxygen atoms in total. The molecule has 0 aliphatic heterocycles. The van der Waals surface area contributed by atoms with E-state index in [2.05, 4.69) is 45.2 Å². The molecule has 0 spiro atoms. The molecule has 92 valence electrons. The van der Waals surface area contributed by atoms with Crippen LogP contribution in [0.1, 0.15) is 52.9 Å². The molecule has 0 saturated carbocycles. The van der Waals surface area contributed by atoms with Gasteiger partial charge in [-0.05, 0) is 33.9 Å². The fourth-order valence-corrected chi connectivity index (χ4v) is 2.05. The lowest BCUT2D eigenvalue weighted by Crippen LogP contribution is -2.58. The summed E-state index contributed by atoms with van der Waals surface area (Å²) >= 11 is 0. The first-order valence-corrected chi connectivity index (χ1v) is 6.16. The first-order chi connectivity index (χ1) is 7.02. The van der Waals surface area contributed by atoms with Crippen molar-refractivity contribution < 1.29 is 0 Å². The number of nitrogens with zero attached hydrogens (tertiary/aromatic N) is 1. The molecular formula is C12H29N3. The second kappa shape index (κ2) is 7.20. The molecule has 0 aromatic rings. The summed E-state index contributed by atoms with van der Waals surface area (Å²) in [6.45, 7) is 6.74. The summed E-state index contributed by atoms with van der Waals surface area (Å²) in [6, 6.07) is 0.379. The molecule has 0 aliphatic carbocycles. The number of likely N-dealkylation sites (N-methyl/N-ethyl adjacent to an activating group) is 1. The molecule has 0 rings (SSSR count). The summed E-state index contributed by atoms with van der Waals surface area (Å²) in [5.74, 6) is 5.68. The van der Waals surface area contributed by atoms with E-state index in [-0.39, 0.29) is 5.54 Å². The Labute approximate surface area is 95.4 Å². The molecule has 2 unspecified atom stereocenters. The normalized spacial score (nSPS) is 17.8. The van der Waals surface area contributed by atoms with Crippen LogP contribution in [0.3, 0.4) is 0 Å². The second-order valence-electron chi connectivity index (χ2n) is 4.82. The Balaban J connectivity index is 4.33. The van der Waals surface area contributed by atoms with Crippen LogP contribution in [0.2, 0.25) is 0 Å². The summed E-state index contributed by atoms with van der Waals surface area (Å²) in [4.78, 5) is 2.28. The summed E-state index contributed by atoms with van der Waals surface area (Å²) in [5, 5.41) is 0. The van der Waals surface area contributed by atoms with Gasteiger partial charge in [-0.3, -0.25) is 11.3 Å². The third-order valence-electron chi connectivity index (χ3n) is 3.79. The van der Waals surface area contributed by atoms with Crippen LogP contribution in [0, 0.1) is 0 Å². The van der Waals surface area contributed by atoms with Gasteiger partial charge in [-0.1, -0.05) is 33.1 Å². The van der Waals surface area contributed by atoms with Crippen LogP contribution in [0.25, 0.3) is 0 Å². The van der Waals surface area contributed by atoms with Gasteiger partial charge >= 0.3 is 0 Å². The van der Waals surface area contributed by atoms with Gasteiger partial charge < -0.3 is 4.90 Å². The molecule has 0 aromatic heterocycles. The van der Waals surface area contributed by atoms with E-state index in [4.69, 9.17) is 5.84 Å². The SMILES string of the molecule is CCCCCC(NN)C(C)(CC)N(C)C. The summed E-state index contributed by atoms with van der Waals surface area (Å²) in [5.41, 5.74) is 3.15. The summed E-state index contributed by atoms with van der Waals surface area (Å²) in [6.07, 6.45) is 6.09. The van der Waals surface area contributed by atoms with Crippen LogP contribution < -0.4 is 11.3 Å². The highest BCUT2D eigenvalue weighted by Gasteiger charge is 2.33. The van der Waals surface area contributed by atoms with Gasteiger partial charge in [0.05, 0.1) is 0 Å². The van der Waals surface area contributed by atoms with Gasteiger partial charge in [0.2, 0.25) is 0 Å². The minimum atomic E-state index is 0.155. The van der Waals surface area contributed by atoms with E-state index in [1.807, 2.05) is 0 Å². The van der Waals surface area contributed by atoms with E-state index < -0.39 is 0 Å². The lowest BCUT2D eigenvalue weighted by molar-refractivity contribution is 0.106. The van der Waals surface area contributed by atoms with E-state index in [9.17, 15) is 0 Å². The van der Waals surface area contributed by atoms with Crippen LogP contribution >= 0.6 is 0 Å². The fourth-order valence-electron chi connectivity index (χ4n) is 2.05. The van der Waals surface area contributed by atoms with Crippen molar-refractivity contribution in [2.75, 3.05) is 14.1 Å². The Morgan fingerprint density at radius 2 is 1.87 bits per heavy atom. The number of hydrogen-bond donors (Lipinski definition) is 2. The highest BCUT2D eigenvalue weighted by atomic mass is 15.3. The third-order valence-corrected chi connectivity index (χ3v) is 3.79. The Bertz CT molecular complexity index is 159. The van der Waals surface area contributed by atoms with Crippen LogP contribution in [0.15, 0.2) is 0 Å². The predicted octanol–water partition coefficient (Wildman–Crippen LogP) is 2.13. The quantitative estimate of drug-likeness (QED) is 0.370. The van der Waals surface area contributed by atoms with Crippen molar-refractivity contribution in [3.05, 3.63) is 0 Å². The summed E-state index contributed by atoms with van der Waals surface area (Å²) < 4.78 is 0. The fraction of sp³-hybridized carbons (Fsp3) is 1.00. The van der Waals surface area contributed by atoms with Crippen molar-refractivity contribution in [1.29, 1.82) is 0 Å². The smallest absolute Gasteiger partial charge is 0.0391 e. The standard InChI is InChI=1S/C12H29N3/c1-6-8-9-10-11(14-13)12(3,7-2)15(4)5/h11,14H,6-10,13H2,1-5H3. The molecule has 3 heteroatoms. The maximum atomic E-state index is 5.68. The molecule has 0 aromatic carbocycles. The zero-order valence-corrected chi connectivity index (χ0v) is 11.1. The lowest BCUT2D eigenvalue weighted by atomic mass is 9.85. The van der Waals surface area contributed by atoms with Crippen molar-refractivity contribution in [3.63, 3.8) is 0 Å². The predicted molar refractivity (Wildman–Crippen MR) is 67.6 cm³/mol. The first kappa shape index (κ1) is 14.9. The second-order valence-corrected chi connectivity index (χ2v) is 4.82. The van der Waals surface area contributed by atoms with E-state index in [1.165, 1.54) is 19.3 Å². The van der Waals surface area contributed by atoms with Crippen LogP contribution in [-0.4, -0.2) is 30.6 Å². The van der Waals surface area contributed by atoms with Crippen molar-refractivity contribution >= 4 is 0 Å². The highest BCUT2D eigenvalue weighted by Crippen LogP contribution is 2.24. The number of unbranched alkanes of at least 4 members (excludes halogenated alkanes) is 2.